The van der Waals surface area contributed by atoms with Crippen molar-refractivity contribution in [3.63, 3.8) is 0 Å². The van der Waals surface area contributed by atoms with Crippen LogP contribution < -0.4 is 5.73 Å². The monoisotopic (exact) mass is 305 g/mol. The Morgan fingerprint density at radius 1 is 1.17 bits per heavy atom. The zero-order valence-electron chi connectivity index (χ0n) is 9.27. The molecule has 0 saturated carbocycles. The Balaban J connectivity index is 2.28. The lowest BCUT2D eigenvalue weighted by atomic mass is 10.2. The van der Waals surface area contributed by atoms with Crippen LogP contribution >= 0.6 is 15.9 Å². The number of imidazole rings is 1. The van der Waals surface area contributed by atoms with Crippen LogP contribution in [0.2, 0.25) is 0 Å². The van der Waals surface area contributed by atoms with Gasteiger partial charge in [-0.3, -0.25) is 4.57 Å². The fourth-order valence-electron chi connectivity index (χ4n) is 1.89. The molecule has 3 nitrogen and oxygen atoms in total. The Kier molecular flexibility index (Phi) is 2.56. The first kappa shape index (κ1) is 11.2. The van der Waals surface area contributed by atoms with Crippen LogP contribution in [0.3, 0.4) is 0 Å². The maximum absolute atomic E-state index is 13.8. The minimum Gasteiger partial charge on any atom is -0.399 e. The molecule has 2 N–H and O–H groups in total. The van der Waals surface area contributed by atoms with E-state index in [1.807, 2.05) is 6.07 Å². The molecular formula is C13H9BrFN3. The Hall–Kier alpha value is -1.88. The summed E-state index contributed by atoms with van der Waals surface area (Å²) >= 11 is 3.34. The second-order valence-corrected chi connectivity index (χ2v) is 4.87. The van der Waals surface area contributed by atoms with Gasteiger partial charge in [0.2, 0.25) is 0 Å². The molecule has 0 saturated heterocycles. The second-order valence-electron chi connectivity index (χ2n) is 3.96. The molecule has 18 heavy (non-hydrogen) atoms. The van der Waals surface area contributed by atoms with Crippen LogP contribution in [0.4, 0.5) is 10.1 Å². The highest BCUT2D eigenvalue weighted by atomic mass is 79.9. The zero-order chi connectivity index (χ0) is 12.7. The van der Waals surface area contributed by atoms with E-state index in [-0.39, 0.29) is 5.82 Å². The molecule has 0 fully saturated rings. The molecule has 1 heterocycles. The third-order valence-corrected chi connectivity index (χ3v) is 3.23. The molecule has 2 aromatic carbocycles. The van der Waals surface area contributed by atoms with Gasteiger partial charge in [-0.25, -0.2) is 9.37 Å². The molecule has 5 heteroatoms. The highest BCUT2D eigenvalue weighted by Gasteiger charge is 2.09. The summed E-state index contributed by atoms with van der Waals surface area (Å²) in [6.45, 7) is 0. The van der Waals surface area contributed by atoms with Crippen LogP contribution in [0.25, 0.3) is 16.7 Å². The van der Waals surface area contributed by atoms with Gasteiger partial charge >= 0.3 is 0 Å². The van der Waals surface area contributed by atoms with Crippen molar-refractivity contribution < 1.29 is 4.39 Å². The highest BCUT2D eigenvalue weighted by Crippen LogP contribution is 2.24. The maximum atomic E-state index is 13.8. The van der Waals surface area contributed by atoms with Crippen molar-refractivity contribution in [2.24, 2.45) is 0 Å². The van der Waals surface area contributed by atoms with E-state index in [4.69, 9.17) is 5.73 Å². The van der Waals surface area contributed by atoms with Gasteiger partial charge in [0.25, 0.3) is 0 Å². The van der Waals surface area contributed by atoms with Gasteiger partial charge in [-0.05, 0) is 36.4 Å². The van der Waals surface area contributed by atoms with Crippen molar-refractivity contribution >= 4 is 32.7 Å². The molecule has 0 atom stereocenters. The molecule has 0 aliphatic heterocycles. The lowest BCUT2D eigenvalue weighted by Gasteiger charge is -2.06. The van der Waals surface area contributed by atoms with Gasteiger partial charge in [0.1, 0.15) is 12.1 Å². The van der Waals surface area contributed by atoms with E-state index in [9.17, 15) is 4.39 Å². The van der Waals surface area contributed by atoms with Gasteiger partial charge in [-0.1, -0.05) is 15.9 Å². The summed E-state index contributed by atoms with van der Waals surface area (Å²) in [7, 11) is 0. The van der Waals surface area contributed by atoms with Gasteiger partial charge in [0, 0.05) is 10.2 Å². The van der Waals surface area contributed by atoms with Crippen molar-refractivity contribution in [2.45, 2.75) is 0 Å². The molecule has 0 aliphatic carbocycles. The Morgan fingerprint density at radius 3 is 2.83 bits per heavy atom. The molecule has 0 bridgehead atoms. The molecule has 3 aromatic rings. The number of halogens is 2. The van der Waals surface area contributed by atoms with Crippen molar-refractivity contribution in [3.8, 4) is 5.69 Å². The van der Waals surface area contributed by atoms with Crippen LogP contribution in [-0.2, 0) is 0 Å². The lowest BCUT2D eigenvalue weighted by Crippen LogP contribution is -1.96. The SMILES string of the molecule is Nc1ccc2c(c1)ncn2-c1cc(Br)ccc1F. The number of rotatable bonds is 1. The van der Waals surface area contributed by atoms with E-state index in [2.05, 4.69) is 20.9 Å². The van der Waals surface area contributed by atoms with Crippen molar-refractivity contribution in [3.05, 3.63) is 53.0 Å². The first-order valence-corrected chi connectivity index (χ1v) is 6.12. The summed E-state index contributed by atoms with van der Waals surface area (Å²) in [6, 6.07) is 10.2. The quantitative estimate of drug-likeness (QED) is 0.699. The molecule has 1 aromatic heterocycles. The Morgan fingerprint density at radius 2 is 2.00 bits per heavy atom. The van der Waals surface area contributed by atoms with E-state index in [1.165, 1.54) is 6.07 Å². The van der Waals surface area contributed by atoms with Crippen molar-refractivity contribution in [1.82, 2.24) is 9.55 Å². The van der Waals surface area contributed by atoms with Crippen molar-refractivity contribution in [1.29, 1.82) is 0 Å². The third kappa shape index (κ3) is 1.76. The molecule has 0 amide bonds. The fourth-order valence-corrected chi connectivity index (χ4v) is 2.24. The predicted octanol–water partition coefficient (Wildman–Crippen LogP) is 3.51. The molecule has 0 unspecified atom stereocenters. The zero-order valence-corrected chi connectivity index (χ0v) is 10.9. The number of nitrogens with two attached hydrogens (primary N) is 1. The summed E-state index contributed by atoms with van der Waals surface area (Å²) in [6.07, 6.45) is 1.59. The van der Waals surface area contributed by atoms with E-state index in [0.29, 0.717) is 11.4 Å². The first-order chi connectivity index (χ1) is 8.65. The molecule has 0 aliphatic rings. The smallest absolute Gasteiger partial charge is 0.147 e. The van der Waals surface area contributed by atoms with Crippen LogP contribution in [0, 0.1) is 5.82 Å². The highest BCUT2D eigenvalue weighted by molar-refractivity contribution is 9.10. The largest absolute Gasteiger partial charge is 0.399 e. The molecule has 0 spiro atoms. The second kappa shape index (κ2) is 4.10. The number of anilines is 1. The summed E-state index contributed by atoms with van der Waals surface area (Å²) in [5.74, 6) is -0.297. The number of fused-ring (bicyclic) bond motifs is 1. The van der Waals surface area contributed by atoms with Gasteiger partial charge in [0.15, 0.2) is 0 Å². The van der Waals surface area contributed by atoms with E-state index < -0.39 is 0 Å². The van der Waals surface area contributed by atoms with Gasteiger partial charge < -0.3 is 5.73 Å². The Labute approximate surface area is 111 Å². The van der Waals surface area contributed by atoms with Crippen LogP contribution in [0.5, 0.6) is 0 Å². The average Bonchev–Trinajstić information content (AvgIpc) is 2.75. The summed E-state index contributed by atoms with van der Waals surface area (Å²) < 4.78 is 16.4. The number of aromatic nitrogens is 2. The number of benzene rings is 2. The normalized spacial score (nSPS) is 11.0. The summed E-state index contributed by atoms with van der Waals surface area (Å²) in [5.41, 5.74) is 8.36. The van der Waals surface area contributed by atoms with Crippen LogP contribution in [0.1, 0.15) is 0 Å². The topological polar surface area (TPSA) is 43.8 Å². The molecule has 0 radical (unpaired) electrons. The van der Waals surface area contributed by atoms with Gasteiger partial charge in [-0.15, -0.1) is 0 Å². The minimum absolute atomic E-state index is 0.297. The van der Waals surface area contributed by atoms with Gasteiger partial charge in [-0.2, -0.15) is 0 Å². The minimum atomic E-state index is -0.297. The lowest BCUT2D eigenvalue weighted by molar-refractivity contribution is 0.619. The molecule has 90 valence electrons. The third-order valence-electron chi connectivity index (χ3n) is 2.74. The first-order valence-electron chi connectivity index (χ1n) is 5.33. The van der Waals surface area contributed by atoms with E-state index in [0.717, 1.165) is 15.5 Å². The maximum Gasteiger partial charge on any atom is 0.147 e. The predicted molar refractivity (Wildman–Crippen MR) is 73.1 cm³/mol. The average molecular weight is 306 g/mol. The number of nitrogen functional groups attached to an aromatic ring is 1. The summed E-state index contributed by atoms with van der Waals surface area (Å²) in [4.78, 5) is 4.23. The van der Waals surface area contributed by atoms with Crippen LogP contribution in [0.15, 0.2) is 47.2 Å². The fraction of sp³-hybridized carbons (Fsp3) is 0. The molecule has 3 rings (SSSR count). The molecular weight excluding hydrogens is 297 g/mol. The van der Waals surface area contributed by atoms with E-state index >= 15 is 0 Å². The number of hydrogen-bond acceptors (Lipinski definition) is 2. The summed E-state index contributed by atoms with van der Waals surface area (Å²) in [5, 5.41) is 0. The standard InChI is InChI=1S/C13H9BrFN3/c14-8-1-3-10(15)13(5-8)18-7-17-11-6-9(16)2-4-12(11)18/h1-7H,16H2. The van der Waals surface area contributed by atoms with Gasteiger partial charge in [0.05, 0.1) is 16.7 Å². The Bertz CT molecular complexity index is 736. The van der Waals surface area contributed by atoms with E-state index in [1.54, 1.807) is 35.2 Å². The number of nitrogens with zero attached hydrogens (tertiary/aromatic N) is 2. The number of hydrogen-bond donors (Lipinski definition) is 1. The van der Waals surface area contributed by atoms with Crippen molar-refractivity contribution in [2.75, 3.05) is 5.73 Å². The van der Waals surface area contributed by atoms with Crippen LogP contribution in [-0.4, -0.2) is 9.55 Å².